The highest BCUT2D eigenvalue weighted by atomic mass is 16.2. The molecule has 0 saturated carbocycles. The Kier molecular flexibility index (Phi) is 5.91. The van der Waals surface area contributed by atoms with Crippen LogP contribution in [0.5, 0.6) is 0 Å². The number of carbonyl (C=O) groups excluding carboxylic acids is 3. The maximum atomic E-state index is 12.5. The van der Waals surface area contributed by atoms with Crippen molar-refractivity contribution >= 4 is 23.4 Å². The molecule has 2 saturated heterocycles. The summed E-state index contributed by atoms with van der Waals surface area (Å²) >= 11 is 0. The average molecular weight is 357 g/mol. The number of piperidine rings is 1. The number of nitrogens with zero attached hydrogens (tertiary/aromatic N) is 2. The first-order valence-electron chi connectivity index (χ1n) is 9.46. The predicted octanol–water partition coefficient (Wildman–Crippen LogP) is 2.05. The highest BCUT2D eigenvalue weighted by molar-refractivity contribution is 5.88. The molecule has 0 bridgehead atoms. The summed E-state index contributed by atoms with van der Waals surface area (Å²) in [5, 5.41) is 2.72. The Morgan fingerprint density at radius 2 is 1.58 bits per heavy atom. The zero-order valence-corrected chi connectivity index (χ0v) is 15.4. The van der Waals surface area contributed by atoms with E-state index < -0.39 is 0 Å². The summed E-state index contributed by atoms with van der Waals surface area (Å²) in [5.74, 6) is 0.349. The zero-order valence-electron chi connectivity index (χ0n) is 15.4. The van der Waals surface area contributed by atoms with Crippen LogP contribution in [0.25, 0.3) is 0 Å². The summed E-state index contributed by atoms with van der Waals surface area (Å²) in [6, 6.07) is 7.36. The lowest BCUT2D eigenvalue weighted by molar-refractivity contribution is -0.139. The van der Waals surface area contributed by atoms with E-state index >= 15 is 0 Å². The van der Waals surface area contributed by atoms with Crippen LogP contribution in [0.1, 0.15) is 38.2 Å². The molecule has 0 aliphatic carbocycles. The molecular formula is C20H27N3O3. The van der Waals surface area contributed by atoms with Crippen LogP contribution in [-0.2, 0) is 20.8 Å². The Balaban J connectivity index is 1.47. The second-order valence-corrected chi connectivity index (χ2v) is 7.24. The maximum Gasteiger partial charge on any atom is 0.226 e. The SMILES string of the molecule is CC(=O)Nc1ccc(CC(=O)N2CCC(C(=O)N3CCCC3)CC2)cc1. The van der Waals surface area contributed by atoms with Gasteiger partial charge in [0.2, 0.25) is 17.7 Å². The molecule has 3 amide bonds. The van der Waals surface area contributed by atoms with Gasteiger partial charge in [-0.2, -0.15) is 0 Å². The van der Waals surface area contributed by atoms with Gasteiger partial charge in [0, 0.05) is 44.7 Å². The third-order valence-electron chi connectivity index (χ3n) is 5.24. The van der Waals surface area contributed by atoms with Crippen LogP contribution >= 0.6 is 0 Å². The van der Waals surface area contributed by atoms with Crippen molar-refractivity contribution in [3.63, 3.8) is 0 Å². The molecule has 2 heterocycles. The molecule has 1 aromatic rings. The van der Waals surface area contributed by atoms with Crippen molar-refractivity contribution in [3.8, 4) is 0 Å². The van der Waals surface area contributed by atoms with Crippen LogP contribution in [0, 0.1) is 5.92 Å². The lowest BCUT2D eigenvalue weighted by Crippen LogP contribution is -2.44. The number of hydrogen-bond acceptors (Lipinski definition) is 3. The van der Waals surface area contributed by atoms with Gasteiger partial charge in [-0.3, -0.25) is 14.4 Å². The lowest BCUT2D eigenvalue weighted by Gasteiger charge is -2.33. The fraction of sp³-hybridized carbons (Fsp3) is 0.550. The normalized spacial score (nSPS) is 18.0. The van der Waals surface area contributed by atoms with Crippen LogP contribution < -0.4 is 5.32 Å². The highest BCUT2D eigenvalue weighted by Crippen LogP contribution is 2.22. The summed E-state index contributed by atoms with van der Waals surface area (Å²) in [6.45, 7) is 4.58. The van der Waals surface area contributed by atoms with Gasteiger partial charge in [-0.05, 0) is 43.4 Å². The molecule has 2 aliphatic heterocycles. The molecule has 26 heavy (non-hydrogen) atoms. The van der Waals surface area contributed by atoms with Gasteiger partial charge in [0.15, 0.2) is 0 Å². The second-order valence-electron chi connectivity index (χ2n) is 7.24. The molecule has 0 aromatic heterocycles. The first-order valence-corrected chi connectivity index (χ1v) is 9.46. The number of nitrogens with one attached hydrogen (secondary N) is 1. The highest BCUT2D eigenvalue weighted by Gasteiger charge is 2.31. The molecule has 0 spiro atoms. The topological polar surface area (TPSA) is 69.7 Å². The van der Waals surface area contributed by atoms with Gasteiger partial charge in [0.05, 0.1) is 6.42 Å². The van der Waals surface area contributed by atoms with Gasteiger partial charge in [-0.25, -0.2) is 0 Å². The van der Waals surface area contributed by atoms with E-state index in [2.05, 4.69) is 5.32 Å². The Morgan fingerprint density at radius 1 is 0.962 bits per heavy atom. The minimum atomic E-state index is -0.111. The molecular weight excluding hydrogens is 330 g/mol. The van der Waals surface area contributed by atoms with Gasteiger partial charge in [0.25, 0.3) is 0 Å². The van der Waals surface area contributed by atoms with Crippen molar-refractivity contribution in [2.75, 3.05) is 31.5 Å². The zero-order chi connectivity index (χ0) is 18.5. The van der Waals surface area contributed by atoms with Gasteiger partial charge >= 0.3 is 0 Å². The third kappa shape index (κ3) is 4.62. The molecule has 140 valence electrons. The fourth-order valence-electron chi connectivity index (χ4n) is 3.77. The number of rotatable bonds is 4. The van der Waals surface area contributed by atoms with Crippen LogP contribution in [-0.4, -0.2) is 53.7 Å². The van der Waals surface area contributed by atoms with Gasteiger partial charge in [-0.15, -0.1) is 0 Å². The Hall–Kier alpha value is -2.37. The fourth-order valence-corrected chi connectivity index (χ4v) is 3.77. The summed E-state index contributed by atoms with van der Waals surface area (Å²) in [4.78, 5) is 39.9. The van der Waals surface area contributed by atoms with Crippen LogP contribution in [0.2, 0.25) is 0 Å². The number of carbonyl (C=O) groups is 3. The van der Waals surface area contributed by atoms with Crippen molar-refractivity contribution < 1.29 is 14.4 Å². The number of anilines is 1. The quantitative estimate of drug-likeness (QED) is 0.897. The second kappa shape index (κ2) is 8.34. The monoisotopic (exact) mass is 357 g/mol. The van der Waals surface area contributed by atoms with Crippen molar-refractivity contribution in [2.24, 2.45) is 5.92 Å². The first-order chi connectivity index (χ1) is 12.5. The molecule has 0 unspecified atom stereocenters. The number of likely N-dealkylation sites (tertiary alicyclic amines) is 2. The maximum absolute atomic E-state index is 12.5. The first kappa shape index (κ1) is 18.4. The van der Waals surface area contributed by atoms with E-state index in [1.54, 1.807) is 0 Å². The molecule has 3 rings (SSSR count). The largest absolute Gasteiger partial charge is 0.342 e. The van der Waals surface area contributed by atoms with Crippen molar-refractivity contribution in [1.82, 2.24) is 9.80 Å². The van der Waals surface area contributed by atoms with E-state index in [1.165, 1.54) is 6.92 Å². The van der Waals surface area contributed by atoms with E-state index in [4.69, 9.17) is 0 Å². The van der Waals surface area contributed by atoms with Gasteiger partial charge in [0.1, 0.15) is 0 Å². The average Bonchev–Trinajstić information content (AvgIpc) is 3.17. The summed E-state index contributed by atoms with van der Waals surface area (Å²) in [6.07, 6.45) is 4.11. The standard InChI is InChI=1S/C20H27N3O3/c1-15(24)21-18-6-4-16(5-7-18)14-19(25)22-12-8-17(9-13-22)20(26)23-10-2-3-11-23/h4-7,17H,2-3,8-14H2,1H3,(H,21,24). The van der Waals surface area contributed by atoms with E-state index in [1.807, 2.05) is 34.1 Å². The van der Waals surface area contributed by atoms with Gasteiger partial charge < -0.3 is 15.1 Å². The van der Waals surface area contributed by atoms with E-state index in [-0.39, 0.29) is 23.6 Å². The molecule has 6 heteroatoms. The van der Waals surface area contributed by atoms with E-state index in [0.717, 1.165) is 50.0 Å². The van der Waals surface area contributed by atoms with Crippen molar-refractivity contribution in [3.05, 3.63) is 29.8 Å². The molecule has 1 aromatic carbocycles. The summed E-state index contributed by atoms with van der Waals surface area (Å²) in [5.41, 5.74) is 1.66. The molecule has 0 atom stereocenters. The van der Waals surface area contributed by atoms with Crippen molar-refractivity contribution in [1.29, 1.82) is 0 Å². The third-order valence-corrected chi connectivity index (χ3v) is 5.24. The van der Waals surface area contributed by atoms with Gasteiger partial charge in [-0.1, -0.05) is 12.1 Å². The van der Waals surface area contributed by atoms with E-state index in [9.17, 15) is 14.4 Å². The number of benzene rings is 1. The van der Waals surface area contributed by atoms with Crippen molar-refractivity contribution in [2.45, 2.75) is 39.0 Å². The number of amides is 3. The molecule has 0 radical (unpaired) electrons. The summed E-state index contributed by atoms with van der Waals surface area (Å²) < 4.78 is 0. The minimum Gasteiger partial charge on any atom is -0.342 e. The molecule has 2 fully saturated rings. The van der Waals surface area contributed by atoms with E-state index in [0.29, 0.717) is 19.5 Å². The predicted molar refractivity (Wildman–Crippen MR) is 99.6 cm³/mol. The number of hydrogen-bond donors (Lipinski definition) is 1. The Labute approximate surface area is 154 Å². The smallest absolute Gasteiger partial charge is 0.226 e. The molecule has 6 nitrogen and oxygen atoms in total. The minimum absolute atomic E-state index is 0.0779. The Morgan fingerprint density at radius 3 is 2.15 bits per heavy atom. The van der Waals surface area contributed by atoms with Crippen LogP contribution in [0.4, 0.5) is 5.69 Å². The Bertz CT molecular complexity index is 657. The lowest BCUT2D eigenvalue weighted by atomic mass is 9.95. The molecule has 1 N–H and O–H groups in total. The summed E-state index contributed by atoms with van der Waals surface area (Å²) in [7, 11) is 0. The van der Waals surface area contributed by atoms with Crippen LogP contribution in [0.15, 0.2) is 24.3 Å². The molecule has 2 aliphatic rings. The van der Waals surface area contributed by atoms with Crippen LogP contribution in [0.3, 0.4) is 0 Å².